The molecule has 1 heterocycles. The number of Topliss-reactive ketones (excluding diaryl/α,β-unsaturated/α-hetero) is 1. The van der Waals surface area contributed by atoms with E-state index in [-0.39, 0.29) is 11.2 Å². The number of carbonyl (C=O) groups excluding carboxylic acids is 1. The van der Waals surface area contributed by atoms with Crippen molar-refractivity contribution < 1.29 is 4.79 Å². The van der Waals surface area contributed by atoms with Crippen molar-refractivity contribution in [3.05, 3.63) is 30.0 Å². The summed E-state index contributed by atoms with van der Waals surface area (Å²) in [6, 6.07) is 7.70. The van der Waals surface area contributed by atoms with Crippen molar-refractivity contribution in [1.82, 2.24) is 10.2 Å². The van der Waals surface area contributed by atoms with Gasteiger partial charge in [-0.1, -0.05) is 39.0 Å². The van der Waals surface area contributed by atoms with Crippen LogP contribution in [0.4, 0.5) is 0 Å². The van der Waals surface area contributed by atoms with Crippen molar-refractivity contribution in [3.63, 3.8) is 0 Å². The van der Waals surface area contributed by atoms with Crippen LogP contribution >= 0.6 is 0 Å². The van der Waals surface area contributed by atoms with E-state index in [2.05, 4.69) is 31.0 Å². The van der Waals surface area contributed by atoms with Gasteiger partial charge in [-0.15, -0.1) is 0 Å². The third-order valence-corrected chi connectivity index (χ3v) is 2.43. The summed E-state index contributed by atoms with van der Waals surface area (Å²) in [5.41, 5.74) is 1.47. The van der Waals surface area contributed by atoms with E-state index in [9.17, 15) is 4.79 Å². The molecule has 3 nitrogen and oxygen atoms in total. The van der Waals surface area contributed by atoms with Crippen LogP contribution in [0.3, 0.4) is 0 Å². The molecule has 0 aliphatic heterocycles. The number of para-hydroxylation sites is 1. The number of benzene rings is 1. The second-order valence-electron chi connectivity index (χ2n) is 5.28. The molecule has 1 N–H and O–H groups in total. The van der Waals surface area contributed by atoms with Gasteiger partial charge in [0.25, 0.3) is 0 Å². The number of H-pyrrole nitrogens is 1. The number of aromatic nitrogens is 2. The monoisotopic (exact) mass is 216 g/mol. The van der Waals surface area contributed by atoms with E-state index in [0.717, 1.165) is 10.9 Å². The standard InChI is InChI=1S/C13H16N2O/c1-13(2,3)8-11(16)12-9-6-4-5-7-10(9)14-15-12/h4-7H,8H2,1-3H3,(H,14,15). The van der Waals surface area contributed by atoms with Crippen molar-refractivity contribution in [3.8, 4) is 0 Å². The lowest BCUT2D eigenvalue weighted by Gasteiger charge is -2.15. The van der Waals surface area contributed by atoms with E-state index < -0.39 is 0 Å². The Morgan fingerprint density at radius 3 is 2.69 bits per heavy atom. The van der Waals surface area contributed by atoms with E-state index in [4.69, 9.17) is 0 Å². The Hall–Kier alpha value is -1.64. The van der Waals surface area contributed by atoms with Crippen LogP contribution in [-0.4, -0.2) is 16.0 Å². The summed E-state index contributed by atoms with van der Waals surface area (Å²) in [6.07, 6.45) is 0.516. The normalized spacial score (nSPS) is 11.9. The van der Waals surface area contributed by atoms with Gasteiger partial charge in [0.15, 0.2) is 5.78 Å². The number of carbonyl (C=O) groups is 1. The zero-order valence-corrected chi connectivity index (χ0v) is 9.87. The summed E-state index contributed by atoms with van der Waals surface area (Å²) in [7, 11) is 0. The van der Waals surface area contributed by atoms with Crippen molar-refractivity contribution in [1.29, 1.82) is 0 Å². The van der Waals surface area contributed by atoms with Gasteiger partial charge in [0, 0.05) is 11.8 Å². The molecular formula is C13H16N2O. The molecule has 84 valence electrons. The highest BCUT2D eigenvalue weighted by atomic mass is 16.1. The second kappa shape index (κ2) is 3.74. The van der Waals surface area contributed by atoms with Crippen LogP contribution < -0.4 is 0 Å². The van der Waals surface area contributed by atoms with Crippen LogP contribution in [0.15, 0.2) is 24.3 Å². The van der Waals surface area contributed by atoms with Gasteiger partial charge >= 0.3 is 0 Å². The van der Waals surface area contributed by atoms with Gasteiger partial charge in [-0.05, 0) is 11.5 Å². The highest BCUT2D eigenvalue weighted by Crippen LogP contribution is 2.24. The van der Waals surface area contributed by atoms with Crippen LogP contribution in [0.25, 0.3) is 10.9 Å². The Bertz CT molecular complexity index is 520. The minimum atomic E-state index is -0.00284. The molecule has 1 aromatic carbocycles. The molecule has 0 unspecified atom stereocenters. The number of aromatic amines is 1. The Balaban J connectivity index is 2.37. The molecule has 0 aliphatic rings. The predicted octanol–water partition coefficient (Wildman–Crippen LogP) is 3.18. The van der Waals surface area contributed by atoms with Gasteiger partial charge < -0.3 is 0 Å². The Kier molecular flexibility index (Phi) is 2.54. The number of rotatable bonds is 2. The summed E-state index contributed by atoms with van der Waals surface area (Å²) >= 11 is 0. The lowest BCUT2D eigenvalue weighted by Crippen LogP contribution is -2.13. The fourth-order valence-electron chi connectivity index (χ4n) is 1.74. The first kappa shape index (κ1) is 10.9. The molecule has 16 heavy (non-hydrogen) atoms. The van der Waals surface area contributed by atoms with E-state index in [1.165, 1.54) is 0 Å². The molecule has 0 saturated heterocycles. The van der Waals surface area contributed by atoms with Gasteiger partial charge in [0.2, 0.25) is 0 Å². The van der Waals surface area contributed by atoms with Crippen molar-refractivity contribution in [2.24, 2.45) is 5.41 Å². The first-order valence-electron chi connectivity index (χ1n) is 5.44. The quantitative estimate of drug-likeness (QED) is 0.783. The average molecular weight is 216 g/mol. The third kappa shape index (κ3) is 2.13. The van der Waals surface area contributed by atoms with Crippen LogP contribution in [0.2, 0.25) is 0 Å². The summed E-state index contributed by atoms with van der Waals surface area (Å²) in [5, 5.41) is 7.90. The van der Waals surface area contributed by atoms with Gasteiger partial charge in [-0.2, -0.15) is 5.10 Å². The molecule has 0 amide bonds. The van der Waals surface area contributed by atoms with E-state index in [0.29, 0.717) is 12.1 Å². The van der Waals surface area contributed by atoms with E-state index in [1.807, 2.05) is 24.3 Å². The fraction of sp³-hybridized carbons (Fsp3) is 0.385. The first-order chi connectivity index (χ1) is 7.47. The zero-order chi connectivity index (χ0) is 11.8. The lowest BCUT2D eigenvalue weighted by atomic mass is 9.88. The zero-order valence-electron chi connectivity index (χ0n) is 9.87. The SMILES string of the molecule is CC(C)(C)CC(=O)c1n[nH]c2ccccc12. The molecule has 0 radical (unpaired) electrons. The van der Waals surface area contributed by atoms with Gasteiger partial charge in [0.1, 0.15) is 5.69 Å². The topological polar surface area (TPSA) is 45.8 Å². The molecule has 0 fully saturated rings. The van der Waals surface area contributed by atoms with Gasteiger partial charge in [-0.3, -0.25) is 9.89 Å². The molecular weight excluding hydrogens is 200 g/mol. The highest BCUT2D eigenvalue weighted by Gasteiger charge is 2.20. The molecule has 0 bridgehead atoms. The van der Waals surface area contributed by atoms with Crippen LogP contribution in [-0.2, 0) is 0 Å². The summed E-state index contributed by atoms with van der Waals surface area (Å²) in [4.78, 5) is 12.1. The number of ketones is 1. The molecule has 3 heteroatoms. The lowest BCUT2D eigenvalue weighted by molar-refractivity contribution is 0.0936. The number of hydrogen-bond acceptors (Lipinski definition) is 2. The first-order valence-corrected chi connectivity index (χ1v) is 5.44. The second-order valence-corrected chi connectivity index (χ2v) is 5.28. The molecule has 0 aliphatic carbocycles. The molecule has 1 aromatic heterocycles. The third-order valence-electron chi connectivity index (χ3n) is 2.43. The van der Waals surface area contributed by atoms with E-state index in [1.54, 1.807) is 0 Å². The maximum absolute atomic E-state index is 12.1. The minimum Gasteiger partial charge on any atom is -0.292 e. The molecule has 0 saturated carbocycles. The predicted molar refractivity (Wildman–Crippen MR) is 64.5 cm³/mol. The average Bonchev–Trinajstić information content (AvgIpc) is 2.58. The molecule has 2 rings (SSSR count). The van der Waals surface area contributed by atoms with Crippen LogP contribution in [0.1, 0.15) is 37.7 Å². The minimum absolute atomic E-state index is 0.00284. The molecule has 0 spiro atoms. The van der Waals surface area contributed by atoms with Crippen molar-refractivity contribution >= 4 is 16.7 Å². The molecule has 2 aromatic rings. The van der Waals surface area contributed by atoms with Crippen LogP contribution in [0, 0.1) is 5.41 Å². The highest BCUT2D eigenvalue weighted by molar-refractivity contribution is 6.05. The molecule has 0 atom stereocenters. The fourth-order valence-corrected chi connectivity index (χ4v) is 1.74. The van der Waals surface area contributed by atoms with Crippen molar-refractivity contribution in [2.75, 3.05) is 0 Å². The summed E-state index contributed by atoms with van der Waals surface area (Å²) in [5.74, 6) is 0.102. The Morgan fingerprint density at radius 2 is 2.00 bits per heavy atom. The number of nitrogens with one attached hydrogen (secondary N) is 1. The van der Waals surface area contributed by atoms with Crippen LogP contribution in [0.5, 0.6) is 0 Å². The van der Waals surface area contributed by atoms with Crippen molar-refractivity contribution in [2.45, 2.75) is 27.2 Å². The largest absolute Gasteiger partial charge is 0.292 e. The number of hydrogen-bond donors (Lipinski definition) is 1. The van der Waals surface area contributed by atoms with Gasteiger partial charge in [-0.25, -0.2) is 0 Å². The Morgan fingerprint density at radius 1 is 1.31 bits per heavy atom. The van der Waals surface area contributed by atoms with Gasteiger partial charge in [0.05, 0.1) is 5.52 Å². The number of nitrogens with zero attached hydrogens (tertiary/aromatic N) is 1. The van der Waals surface area contributed by atoms with E-state index >= 15 is 0 Å². The summed E-state index contributed by atoms with van der Waals surface area (Å²) in [6.45, 7) is 6.17. The maximum Gasteiger partial charge on any atom is 0.184 e. The summed E-state index contributed by atoms with van der Waals surface area (Å²) < 4.78 is 0. The Labute approximate surface area is 94.9 Å². The smallest absolute Gasteiger partial charge is 0.184 e. The maximum atomic E-state index is 12.1. The number of fused-ring (bicyclic) bond motifs is 1.